The summed E-state index contributed by atoms with van der Waals surface area (Å²) < 4.78 is 3.74. The number of carbonyl (C=O) groups excluding carboxylic acids is 4. The van der Waals surface area contributed by atoms with E-state index >= 15 is 0 Å². The van der Waals surface area contributed by atoms with Crippen molar-refractivity contribution >= 4 is 23.6 Å². The number of rotatable bonds is 11. The molecule has 0 aromatic carbocycles. The molecule has 2 aromatic heterocycles. The fraction of sp³-hybridized carbons (Fsp3) is 0.400. The molecule has 0 spiro atoms. The Labute approximate surface area is 174 Å². The van der Waals surface area contributed by atoms with Gasteiger partial charge in [-0.3, -0.25) is 40.9 Å². The van der Waals surface area contributed by atoms with Crippen LogP contribution in [0.4, 0.5) is 0 Å². The van der Waals surface area contributed by atoms with Crippen molar-refractivity contribution in [3.05, 3.63) is 49.1 Å². The lowest BCUT2D eigenvalue weighted by Crippen LogP contribution is -2.42. The molecule has 0 bridgehead atoms. The van der Waals surface area contributed by atoms with Gasteiger partial charge in [0.2, 0.25) is 23.6 Å². The number of hydrogen-bond donors (Lipinski definition) is 4. The van der Waals surface area contributed by atoms with Crippen LogP contribution >= 0.6 is 0 Å². The molecule has 2 aromatic rings. The van der Waals surface area contributed by atoms with Crippen LogP contribution in [0.25, 0.3) is 0 Å². The molecule has 10 nitrogen and oxygen atoms in total. The SMILES string of the molecule is O=C(CCCCC(=O)NNC(=O)CCn1cccc1)NNC(=O)CCn1cccc1. The number of amides is 4. The molecule has 0 atom stereocenters. The molecule has 0 aliphatic carbocycles. The molecule has 4 amide bonds. The van der Waals surface area contributed by atoms with Crippen LogP contribution in [0, 0.1) is 0 Å². The second kappa shape index (κ2) is 12.8. The minimum absolute atomic E-state index is 0.189. The highest BCUT2D eigenvalue weighted by Crippen LogP contribution is 1.99. The fourth-order valence-electron chi connectivity index (χ4n) is 2.60. The van der Waals surface area contributed by atoms with E-state index in [1.54, 1.807) is 0 Å². The third-order valence-corrected chi connectivity index (χ3v) is 4.27. The molecule has 0 unspecified atom stereocenters. The first kappa shape index (κ1) is 22.7. The summed E-state index contributed by atoms with van der Waals surface area (Å²) in [7, 11) is 0. The number of unbranched alkanes of at least 4 members (excludes halogenated alkanes) is 1. The predicted octanol–water partition coefficient (Wildman–Crippen LogP) is 0.625. The molecule has 10 heteroatoms. The summed E-state index contributed by atoms with van der Waals surface area (Å²) in [5.41, 5.74) is 9.46. The minimum Gasteiger partial charge on any atom is -0.354 e. The molecular weight excluding hydrogens is 388 g/mol. The summed E-state index contributed by atoms with van der Waals surface area (Å²) in [5.74, 6) is -1.18. The van der Waals surface area contributed by atoms with E-state index in [9.17, 15) is 19.2 Å². The Morgan fingerprint density at radius 1 is 0.500 bits per heavy atom. The molecule has 0 saturated carbocycles. The highest BCUT2D eigenvalue weighted by Gasteiger charge is 2.07. The number of nitrogens with one attached hydrogen (secondary N) is 4. The Bertz CT molecular complexity index is 733. The maximum Gasteiger partial charge on any atom is 0.240 e. The van der Waals surface area contributed by atoms with Crippen LogP contribution in [-0.4, -0.2) is 32.8 Å². The van der Waals surface area contributed by atoms with Gasteiger partial charge in [-0.05, 0) is 37.1 Å². The summed E-state index contributed by atoms with van der Waals surface area (Å²) in [6, 6.07) is 7.50. The van der Waals surface area contributed by atoms with Gasteiger partial charge in [0.05, 0.1) is 0 Å². The van der Waals surface area contributed by atoms with E-state index in [4.69, 9.17) is 0 Å². The molecule has 0 aliphatic heterocycles. The maximum atomic E-state index is 11.7. The molecule has 162 valence electrons. The Morgan fingerprint density at radius 3 is 1.13 bits per heavy atom. The largest absolute Gasteiger partial charge is 0.354 e. The number of nitrogens with zero attached hydrogens (tertiary/aromatic N) is 2. The quantitative estimate of drug-likeness (QED) is 0.316. The first-order valence-electron chi connectivity index (χ1n) is 9.90. The third-order valence-electron chi connectivity index (χ3n) is 4.27. The van der Waals surface area contributed by atoms with Gasteiger partial charge >= 0.3 is 0 Å². The van der Waals surface area contributed by atoms with Gasteiger partial charge in [-0.25, -0.2) is 0 Å². The van der Waals surface area contributed by atoms with E-state index < -0.39 is 0 Å². The molecule has 0 fully saturated rings. The molecule has 30 heavy (non-hydrogen) atoms. The van der Waals surface area contributed by atoms with Crippen LogP contribution in [0.15, 0.2) is 49.1 Å². The second-order valence-corrected chi connectivity index (χ2v) is 6.74. The zero-order chi connectivity index (χ0) is 21.6. The second-order valence-electron chi connectivity index (χ2n) is 6.74. The van der Waals surface area contributed by atoms with Crippen molar-refractivity contribution in [3.8, 4) is 0 Å². The summed E-state index contributed by atoms with van der Waals surface area (Å²) in [6.07, 6.45) is 9.30. The van der Waals surface area contributed by atoms with Crippen LogP contribution in [-0.2, 0) is 32.3 Å². The highest BCUT2D eigenvalue weighted by atomic mass is 16.2. The minimum atomic E-state index is -0.317. The van der Waals surface area contributed by atoms with Crippen molar-refractivity contribution in [1.29, 1.82) is 0 Å². The Morgan fingerprint density at radius 2 is 0.800 bits per heavy atom. The lowest BCUT2D eigenvalue weighted by Gasteiger charge is -2.09. The molecule has 2 rings (SSSR count). The zero-order valence-corrected chi connectivity index (χ0v) is 16.8. The van der Waals surface area contributed by atoms with Gasteiger partial charge in [0, 0.05) is 63.6 Å². The predicted molar refractivity (Wildman–Crippen MR) is 109 cm³/mol. The van der Waals surface area contributed by atoms with Gasteiger partial charge in [0.1, 0.15) is 0 Å². The molecular formula is C20H28N6O4. The molecule has 0 aliphatic rings. The highest BCUT2D eigenvalue weighted by molar-refractivity contribution is 5.82. The summed E-state index contributed by atoms with van der Waals surface area (Å²) in [5, 5.41) is 0. The fourth-order valence-corrected chi connectivity index (χ4v) is 2.60. The van der Waals surface area contributed by atoms with Crippen LogP contribution in [0.1, 0.15) is 38.5 Å². The number of hydrogen-bond acceptors (Lipinski definition) is 4. The van der Waals surface area contributed by atoms with Crippen LogP contribution < -0.4 is 21.7 Å². The van der Waals surface area contributed by atoms with Crippen LogP contribution in [0.2, 0.25) is 0 Å². The lowest BCUT2D eigenvalue weighted by atomic mass is 10.2. The van der Waals surface area contributed by atoms with Crippen molar-refractivity contribution in [2.75, 3.05) is 0 Å². The molecule has 0 radical (unpaired) electrons. The van der Waals surface area contributed by atoms with Crippen LogP contribution in [0.5, 0.6) is 0 Å². The van der Waals surface area contributed by atoms with Gasteiger partial charge in [-0.2, -0.15) is 0 Å². The van der Waals surface area contributed by atoms with Gasteiger partial charge in [-0.1, -0.05) is 0 Å². The molecule has 2 heterocycles. The Hall–Kier alpha value is -3.56. The van der Waals surface area contributed by atoms with Gasteiger partial charge in [0.25, 0.3) is 0 Å². The van der Waals surface area contributed by atoms with E-state index in [2.05, 4.69) is 21.7 Å². The first-order chi connectivity index (χ1) is 14.5. The topological polar surface area (TPSA) is 126 Å². The summed E-state index contributed by atoms with van der Waals surface area (Å²) in [6.45, 7) is 1.07. The van der Waals surface area contributed by atoms with Crippen molar-refractivity contribution in [3.63, 3.8) is 0 Å². The third kappa shape index (κ3) is 9.58. The van der Waals surface area contributed by atoms with E-state index in [1.165, 1.54) is 0 Å². The summed E-state index contributed by atoms with van der Waals surface area (Å²) in [4.78, 5) is 46.8. The lowest BCUT2D eigenvalue weighted by molar-refractivity contribution is -0.129. The monoisotopic (exact) mass is 416 g/mol. The number of hydrazine groups is 2. The smallest absolute Gasteiger partial charge is 0.240 e. The van der Waals surface area contributed by atoms with E-state index in [1.807, 2.05) is 58.2 Å². The molecule has 0 saturated heterocycles. The average Bonchev–Trinajstić information content (AvgIpc) is 3.44. The number of carbonyl (C=O) groups is 4. The Kier molecular flexibility index (Phi) is 9.71. The normalized spacial score (nSPS) is 10.3. The van der Waals surface area contributed by atoms with E-state index in [0.717, 1.165) is 0 Å². The zero-order valence-electron chi connectivity index (χ0n) is 16.8. The number of aryl methyl sites for hydroxylation is 2. The van der Waals surface area contributed by atoms with Crippen molar-refractivity contribution < 1.29 is 19.2 Å². The van der Waals surface area contributed by atoms with Gasteiger partial charge in [-0.15, -0.1) is 0 Å². The van der Waals surface area contributed by atoms with Crippen LogP contribution in [0.3, 0.4) is 0 Å². The molecule has 4 N–H and O–H groups in total. The average molecular weight is 416 g/mol. The Balaban J connectivity index is 1.44. The van der Waals surface area contributed by atoms with Crippen molar-refractivity contribution in [2.45, 2.75) is 51.6 Å². The van der Waals surface area contributed by atoms with Crippen molar-refractivity contribution in [1.82, 2.24) is 30.8 Å². The standard InChI is InChI=1S/C20H28N6O4/c27-17(21-23-19(29)9-15-25-11-3-4-12-25)7-1-2-8-18(28)22-24-20(30)10-16-26-13-5-6-14-26/h3-6,11-14H,1-2,7-10,15-16H2,(H,21,27)(H,22,28)(H,23,29)(H,24,30). The van der Waals surface area contributed by atoms with E-state index in [0.29, 0.717) is 25.9 Å². The first-order valence-corrected chi connectivity index (χ1v) is 9.90. The van der Waals surface area contributed by atoms with Gasteiger partial charge < -0.3 is 9.13 Å². The number of aromatic nitrogens is 2. The van der Waals surface area contributed by atoms with Crippen molar-refractivity contribution in [2.24, 2.45) is 0 Å². The van der Waals surface area contributed by atoms with Gasteiger partial charge in [0.15, 0.2) is 0 Å². The summed E-state index contributed by atoms with van der Waals surface area (Å²) >= 11 is 0. The van der Waals surface area contributed by atoms with E-state index in [-0.39, 0.29) is 49.3 Å². The maximum absolute atomic E-state index is 11.7.